The zero-order valence-corrected chi connectivity index (χ0v) is 25.6. The van der Waals surface area contributed by atoms with Crippen molar-refractivity contribution in [3.63, 3.8) is 0 Å². The molecule has 0 amide bonds. The summed E-state index contributed by atoms with van der Waals surface area (Å²) in [5.41, 5.74) is 8.33. The molecule has 0 saturated carbocycles. The van der Waals surface area contributed by atoms with E-state index < -0.39 is 0 Å². The third-order valence-electron chi connectivity index (χ3n) is 9.52. The van der Waals surface area contributed by atoms with Crippen molar-refractivity contribution in [1.29, 1.82) is 0 Å². The molecular formula is C44H26OS. The Morgan fingerprint density at radius 1 is 0.391 bits per heavy atom. The molecule has 0 unspecified atom stereocenters. The van der Waals surface area contributed by atoms with E-state index in [2.05, 4.69) is 152 Å². The molecule has 2 heterocycles. The molecule has 0 radical (unpaired) electrons. The summed E-state index contributed by atoms with van der Waals surface area (Å²) < 4.78 is 8.74. The van der Waals surface area contributed by atoms with Gasteiger partial charge in [0.25, 0.3) is 0 Å². The zero-order chi connectivity index (χ0) is 30.2. The summed E-state index contributed by atoms with van der Waals surface area (Å²) in [4.78, 5) is 0. The number of rotatable bonds is 3. The molecule has 10 rings (SSSR count). The summed E-state index contributed by atoms with van der Waals surface area (Å²) in [5.74, 6) is 0. The standard InChI is InChI=1S/C44H26OS/c1-2-11-28(12-3-1)39-26-45-43-37(39)22-23-38-32-21-20-31(25-40(32)46-44(38)43)42-35-16-8-6-14-33(35)41(34-15-7-9-17-36(34)42)30-19-18-27-10-4-5-13-29(27)24-30/h1-26H. The van der Waals surface area contributed by atoms with Crippen molar-refractivity contribution in [2.75, 3.05) is 0 Å². The molecule has 0 aliphatic carbocycles. The van der Waals surface area contributed by atoms with Crippen LogP contribution in [-0.2, 0) is 0 Å². The Hall–Kier alpha value is -5.70. The van der Waals surface area contributed by atoms with Crippen LogP contribution in [0.1, 0.15) is 0 Å². The van der Waals surface area contributed by atoms with Crippen LogP contribution in [0.25, 0.3) is 96.8 Å². The van der Waals surface area contributed by atoms with Gasteiger partial charge in [-0.3, -0.25) is 0 Å². The van der Waals surface area contributed by atoms with E-state index in [4.69, 9.17) is 4.42 Å². The topological polar surface area (TPSA) is 13.1 Å². The number of hydrogen-bond acceptors (Lipinski definition) is 2. The monoisotopic (exact) mass is 602 g/mol. The van der Waals surface area contributed by atoms with E-state index in [0.717, 1.165) is 16.5 Å². The maximum Gasteiger partial charge on any atom is 0.152 e. The van der Waals surface area contributed by atoms with E-state index in [9.17, 15) is 0 Å². The van der Waals surface area contributed by atoms with Gasteiger partial charge in [-0.1, -0.05) is 133 Å². The molecule has 0 N–H and O–H groups in total. The van der Waals surface area contributed by atoms with Crippen molar-refractivity contribution in [2.45, 2.75) is 0 Å². The molecule has 8 aromatic carbocycles. The lowest BCUT2D eigenvalue weighted by molar-refractivity contribution is 0.621. The second kappa shape index (κ2) is 9.90. The second-order valence-electron chi connectivity index (χ2n) is 12.1. The van der Waals surface area contributed by atoms with Crippen LogP contribution in [0.5, 0.6) is 0 Å². The number of thiophene rings is 1. The maximum absolute atomic E-state index is 6.27. The van der Waals surface area contributed by atoms with Gasteiger partial charge in [-0.05, 0) is 78.3 Å². The predicted molar refractivity (Wildman–Crippen MR) is 198 cm³/mol. The summed E-state index contributed by atoms with van der Waals surface area (Å²) >= 11 is 1.83. The van der Waals surface area contributed by atoms with Crippen molar-refractivity contribution in [3.8, 4) is 33.4 Å². The van der Waals surface area contributed by atoms with Crippen LogP contribution in [0.3, 0.4) is 0 Å². The highest BCUT2D eigenvalue weighted by Crippen LogP contribution is 2.47. The zero-order valence-electron chi connectivity index (χ0n) is 24.8. The highest BCUT2D eigenvalue weighted by molar-refractivity contribution is 7.26. The molecule has 0 atom stereocenters. The third kappa shape index (κ3) is 3.74. The van der Waals surface area contributed by atoms with E-state index in [0.29, 0.717) is 0 Å². The Labute approximate surface area is 269 Å². The van der Waals surface area contributed by atoms with Crippen molar-refractivity contribution in [3.05, 3.63) is 158 Å². The molecule has 0 saturated heterocycles. The molecule has 2 heteroatoms. The minimum absolute atomic E-state index is 0.967. The predicted octanol–water partition coefficient (Wildman–Crippen LogP) is 13.3. The van der Waals surface area contributed by atoms with Gasteiger partial charge in [0, 0.05) is 26.4 Å². The van der Waals surface area contributed by atoms with Crippen molar-refractivity contribution >= 4 is 74.8 Å². The van der Waals surface area contributed by atoms with Crippen LogP contribution in [0.15, 0.2) is 162 Å². The lowest BCUT2D eigenvalue weighted by atomic mass is 9.85. The third-order valence-corrected chi connectivity index (χ3v) is 10.7. The van der Waals surface area contributed by atoms with Gasteiger partial charge >= 0.3 is 0 Å². The van der Waals surface area contributed by atoms with Gasteiger partial charge in [-0.15, -0.1) is 11.3 Å². The minimum Gasteiger partial charge on any atom is -0.462 e. The first-order valence-corrected chi connectivity index (χ1v) is 16.5. The minimum atomic E-state index is 0.967. The summed E-state index contributed by atoms with van der Waals surface area (Å²) in [6.07, 6.45) is 1.91. The SMILES string of the molecule is c1ccc(-c2coc3c2ccc2c4ccc(-c5c6ccccc6c(-c6ccc7ccccc7c6)c6ccccc56)cc4sc23)cc1. The highest BCUT2D eigenvalue weighted by Gasteiger charge is 2.19. The lowest BCUT2D eigenvalue weighted by Crippen LogP contribution is -1.90. The Kier molecular flexibility index (Phi) is 5.51. The summed E-state index contributed by atoms with van der Waals surface area (Å²) in [6, 6.07) is 55.3. The fourth-order valence-electron chi connectivity index (χ4n) is 7.42. The van der Waals surface area contributed by atoms with Crippen LogP contribution in [0.4, 0.5) is 0 Å². The molecule has 0 aliphatic heterocycles. The van der Waals surface area contributed by atoms with Crippen LogP contribution in [0, 0.1) is 0 Å². The van der Waals surface area contributed by atoms with Gasteiger partial charge < -0.3 is 4.42 Å². The first-order valence-electron chi connectivity index (χ1n) is 15.7. The van der Waals surface area contributed by atoms with Crippen LogP contribution in [0.2, 0.25) is 0 Å². The normalized spacial score (nSPS) is 11.9. The van der Waals surface area contributed by atoms with Crippen LogP contribution < -0.4 is 0 Å². The van der Waals surface area contributed by atoms with Gasteiger partial charge in [0.1, 0.15) is 0 Å². The quantitative estimate of drug-likeness (QED) is 0.183. The molecule has 46 heavy (non-hydrogen) atoms. The number of furan rings is 1. The molecule has 1 nitrogen and oxygen atoms in total. The molecule has 214 valence electrons. The van der Waals surface area contributed by atoms with E-state index >= 15 is 0 Å². The second-order valence-corrected chi connectivity index (χ2v) is 13.1. The fraction of sp³-hybridized carbons (Fsp3) is 0. The van der Waals surface area contributed by atoms with Gasteiger partial charge in [0.2, 0.25) is 0 Å². The van der Waals surface area contributed by atoms with Crippen molar-refractivity contribution in [1.82, 2.24) is 0 Å². The first-order chi connectivity index (χ1) is 22.8. The average molecular weight is 603 g/mol. The van der Waals surface area contributed by atoms with Crippen molar-refractivity contribution < 1.29 is 4.42 Å². The van der Waals surface area contributed by atoms with Gasteiger partial charge in [0.05, 0.1) is 11.0 Å². The van der Waals surface area contributed by atoms with E-state index in [1.165, 1.54) is 80.3 Å². The number of benzene rings is 8. The largest absolute Gasteiger partial charge is 0.462 e. The maximum atomic E-state index is 6.27. The van der Waals surface area contributed by atoms with Gasteiger partial charge in [0.15, 0.2) is 5.58 Å². The Balaban J connectivity index is 1.21. The van der Waals surface area contributed by atoms with E-state index in [-0.39, 0.29) is 0 Å². The first kappa shape index (κ1) is 25.6. The van der Waals surface area contributed by atoms with Crippen molar-refractivity contribution in [2.24, 2.45) is 0 Å². The molecular weight excluding hydrogens is 577 g/mol. The number of hydrogen-bond donors (Lipinski definition) is 0. The summed E-state index contributed by atoms with van der Waals surface area (Å²) in [6.45, 7) is 0. The molecule has 0 bridgehead atoms. The molecule has 0 aliphatic rings. The number of fused-ring (bicyclic) bond motifs is 8. The molecule has 0 spiro atoms. The molecule has 10 aromatic rings. The Morgan fingerprint density at radius 2 is 0.957 bits per heavy atom. The fourth-order valence-corrected chi connectivity index (χ4v) is 8.65. The summed E-state index contributed by atoms with van der Waals surface area (Å²) in [5, 5.41) is 11.3. The Morgan fingerprint density at radius 3 is 1.67 bits per heavy atom. The molecule has 0 fully saturated rings. The smallest absolute Gasteiger partial charge is 0.152 e. The molecule has 2 aromatic heterocycles. The Bertz CT molecular complexity index is 2740. The highest BCUT2D eigenvalue weighted by atomic mass is 32.1. The van der Waals surface area contributed by atoms with Crippen LogP contribution >= 0.6 is 11.3 Å². The van der Waals surface area contributed by atoms with E-state index in [1.54, 1.807) is 0 Å². The van der Waals surface area contributed by atoms with Gasteiger partial charge in [-0.2, -0.15) is 0 Å². The van der Waals surface area contributed by atoms with E-state index in [1.807, 2.05) is 17.6 Å². The average Bonchev–Trinajstić information content (AvgIpc) is 3.72. The lowest BCUT2D eigenvalue weighted by Gasteiger charge is -2.18. The van der Waals surface area contributed by atoms with Crippen LogP contribution in [-0.4, -0.2) is 0 Å². The summed E-state index contributed by atoms with van der Waals surface area (Å²) in [7, 11) is 0. The van der Waals surface area contributed by atoms with Gasteiger partial charge in [-0.25, -0.2) is 0 Å².